The van der Waals surface area contributed by atoms with Gasteiger partial charge in [-0.25, -0.2) is 0 Å². The molecule has 1 unspecified atom stereocenters. The number of benzene rings is 1. The molecule has 1 aromatic carbocycles. The summed E-state index contributed by atoms with van der Waals surface area (Å²) in [5.74, 6) is 1.41. The number of piperazine rings is 1. The molecule has 1 amide bonds. The molecule has 136 valence electrons. The molecule has 0 spiro atoms. The molecular formula is C19H22N4O3. The number of ether oxygens (including phenoxy) is 1. The second kappa shape index (κ2) is 8.02. The zero-order chi connectivity index (χ0) is 18.5. The van der Waals surface area contributed by atoms with Crippen molar-refractivity contribution in [1.29, 1.82) is 5.26 Å². The molecule has 1 atom stereocenters. The Kier molecular flexibility index (Phi) is 5.54. The normalized spacial score (nSPS) is 16.1. The Labute approximate surface area is 152 Å². The van der Waals surface area contributed by atoms with Crippen molar-refractivity contribution in [3.05, 3.63) is 47.3 Å². The molecule has 2 aromatic rings. The Morgan fingerprint density at radius 2 is 2.00 bits per heavy atom. The fourth-order valence-corrected chi connectivity index (χ4v) is 2.96. The third-order valence-corrected chi connectivity index (χ3v) is 4.38. The lowest BCUT2D eigenvalue weighted by Gasteiger charge is -2.35. The van der Waals surface area contributed by atoms with Crippen LogP contribution in [0, 0.1) is 18.3 Å². The van der Waals surface area contributed by atoms with Gasteiger partial charge >= 0.3 is 0 Å². The number of carbonyl (C=O) groups is 1. The van der Waals surface area contributed by atoms with Crippen LogP contribution in [0.5, 0.6) is 5.75 Å². The van der Waals surface area contributed by atoms with Crippen molar-refractivity contribution in [2.24, 2.45) is 0 Å². The molecular weight excluding hydrogens is 332 g/mol. The average molecular weight is 354 g/mol. The number of rotatable bonds is 5. The lowest BCUT2D eigenvalue weighted by atomic mass is 10.2. The van der Waals surface area contributed by atoms with Crippen LogP contribution >= 0.6 is 0 Å². The molecule has 1 aliphatic rings. The standard InChI is InChI=1S/C19H22N4O3/c1-14-11-18(26-21-14)13-22-7-9-23(10-8-22)19(24)15(2)25-17-5-3-16(12-20)4-6-17/h3-6,11,15H,7-10,13H2,1-2H3. The highest BCUT2D eigenvalue weighted by atomic mass is 16.5. The Bertz CT molecular complexity index is 786. The first-order valence-electron chi connectivity index (χ1n) is 8.65. The second-order valence-corrected chi connectivity index (χ2v) is 6.43. The fourth-order valence-electron chi connectivity index (χ4n) is 2.96. The van der Waals surface area contributed by atoms with E-state index in [-0.39, 0.29) is 5.91 Å². The van der Waals surface area contributed by atoms with Gasteiger partial charge in [-0.1, -0.05) is 5.16 Å². The number of carbonyl (C=O) groups excluding carboxylic acids is 1. The number of aryl methyl sites for hydroxylation is 1. The molecule has 0 saturated carbocycles. The van der Waals surface area contributed by atoms with Crippen LogP contribution in [0.2, 0.25) is 0 Å². The van der Waals surface area contributed by atoms with Gasteiger partial charge in [0.1, 0.15) is 5.75 Å². The Morgan fingerprint density at radius 1 is 1.31 bits per heavy atom. The summed E-state index contributed by atoms with van der Waals surface area (Å²) in [6.45, 7) is 7.26. The summed E-state index contributed by atoms with van der Waals surface area (Å²) >= 11 is 0. The molecule has 1 aliphatic heterocycles. The van der Waals surface area contributed by atoms with Crippen molar-refractivity contribution in [1.82, 2.24) is 15.0 Å². The summed E-state index contributed by atoms with van der Waals surface area (Å²) in [6.07, 6.45) is -0.564. The van der Waals surface area contributed by atoms with Gasteiger partial charge in [0, 0.05) is 32.2 Å². The average Bonchev–Trinajstić information content (AvgIpc) is 3.07. The van der Waals surface area contributed by atoms with Crippen LogP contribution < -0.4 is 4.74 Å². The van der Waals surface area contributed by atoms with Crippen LogP contribution in [0.15, 0.2) is 34.9 Å². The van der Waals surface area contributed by atoms with E-state index < -0.39 is 6.10 Å². The summed E-state index contributed by atoms with van der Waals surface area (Å²) in [5, 5.41) is 12.7. The fraction of sp³-hybridized carbons (Fsp3) is 0.421. The highest BCUT2D eigenvalue weighted by Crippen LogP contribution is 2.16. The highest BCUT2D eigenvalue weighted by molar-refractivity contribution is 5.81. The van der Waals surface area contributed by atoms with Gasteiger partial charge in [-0.2, -0.15) is 5.26 Å². The van der Waals surface area contributed by atoms with Gasteiger partial charge in [0.05, 0.1) is 23.9 Å². The van der Waals surface area contributed by atoms with Gasteiger partial charge in [0.2, 0.25) is 0 Å². The first-order valence-corrected chi connectivity index (χ1v) is 8.65. The van der Waals surface area contributed by atoms with E-state index in [1.165, 1.54) is 0 Å². The summed E-state index contributed by atoms with van der Waals surface area (Å²) in [4.78, 5) is 16.7. The number of amides is 1. The maximum Gasteiger partial charge on any atom is 0.263 e. The number of nitrogens with zero attached hydrogens (tertiary/aromatic N) is 4. The van der Waals surface area contributed by atoms with E-state index in [2.05, 4.69) is 16.1 Å². The zero-order valence-electron chi connectivity index (χ0n) is 15.0. The largest absolute Gasteiger partial charge is 0.481 e. The molecule has 0 aliphatic carbocycles. The molecule has 1 fully saturated rings. The third-order valence-electron chi connectivity index (χ3n) is 4.38. The molecule has 0 N–H and O–H groups in total. The van der Waals surface area contributed by atoms with E-state index in [1.54, 1.807) is 31.2 Å². The minimum Gasteiger partial charge on any atom is -0.481 e. The zero-order valence-corrected chi connectivity index (χ0v) is 15.0. The van der Waals surface area contributed by atoms with Crippen LogP contribution in [0.3, 0.4) is 0 Å². The number of hydrogen-bond acceptors (Lipinski definition) is 6. The van der Waals surface area contributed by atoms with Gasteiger partial charge in [-0.15, -0.1) is 0 Å². The minimum absolute atomic E-state index is 0.0236. The molecule has 2 heterocycles. The molecule has 0 bridgehead atoms. The van der Waals surface area contributed by atoms with Crippen molar-refractivity contribution >= 4 is 5.91 Å². The Balaban J connectivity index is 1.48. The SMILES string of the molecule is Cc1cc(CN2CCN(C(=O)C(C)Oc3ccc(C#N)cc3)CC2)on1. The molecule has 1 aromatic heterocycles. The maximum absolute atomic E-state index is 12.6. The minimum atomic E-state index is -0.564. The summed E-state index contributed by atoms with van der Waals surface area (Å²) < 4.78 is 11.0. The predicted molar refractivity (Wildman–Crippen MR) is 94.3 cm³/mol. The molecule has 7 heteroatoms. The molecule has 7 nitrogen and oxygen atoms in total. The van der Waals surface area contributed by atoms with Gasteiger partial charge in [-0.3, -0.25) is 9.69 Å². The van der Waals surface area contributed by atoms with Crippen LogP contribution in [0.4, 0.5) is 0 Å². The lowest BCUT2D eigenvalue weighted by Crippen LogP contribution is -2.51. The van der Waals surface area contributed by atoms with E-state index in [0.717, 1.165) is 24.5 Å². The first kappa shape index (κ1) is 18.0. The first-order chi connectivity index (χ1) is 12.5. The number of hydrogen-bond donors (Lipinski definition) is 0. The van der Waals surface area contributed by atoms with Crippen LogP contribution in [0.1, 0.15) is 23.9 Å². The van der Waals surface area contributed by atoms with E-state index in [0.29, 0.717) is 30.9 Å². The lowest BCUT2D eigenvalue weighted by molar-refractivity contribution is -0.139. The van der Waals surface area contributed by atoms with Crippen molar-refractivity contribution < 1.29 is 14.1 Å². The van der Waals surface area contributed by atoms with Crippen LogP contribution in [0.25, 0.3) is 0 Å². The smallest absolute Gasteiger partial charge is 0.263 e. The van der Waals surface area contributed by atoms with E-state index in [4.69, 9.17) is 14.5 Å². The Morgan fingerprint density at radius 3 is 2.58 bits per heavy atom. The van der Waals surface area contributed by atoms with Gasteiger partial charge in [0.15, 0.2) is 11.9 Å². The van der Waals surface area contributed by atoms with Crippen LogP contribution in [-0.4, -0.2) is 53.1 Å². The van der Waals surface area contributed by atoms with E-state index in [9.17, 15) is 4.79 Å². The van der Waals surface area contributed by atoms with Crippen molar-refractivity contribution in [3.8, 4) is 11.8 Å². The van der Waals surface area contributed by atoms with Crippen molar-refractivity contribution in [2.75, 3.05) is 26.2 Å². The summed E-state index contributed by atoms with van der Waals surface area (Å²) in [6, 6.07) is 10.8. The van der Waals surface area contributed by atoms with Crippen LogP contribution in [-0.2, 0) is 11.3 Å². The molecule has 0 radical (unpaired) electrons. The second-order valence-electron chi connectivity index (χ2n) is 6.43. The maximum atomic E-state index is 12.6. The number of nitriles is 1. The Hall–Kier alpha value is -2.85. The quantitative estimate of drug-likeness (QED) is 0.816. The van der Waals surface area contributed by atoms with Crippen molar-refractivity contribution in [3.63, 3.8) is 0 Å². The monoisotopic (exact) mass is 354 g/mol. The summed E-state index contributed by atoms with van der Waals surface area (Å²) in [7, 11) is 0. The molecule has 3 rings (SSSR count). The molecule has 1 saturated heterocycles. The van der Waals surface area contributed by atoms with E-state index >= 15 is 0 Å². The molecule has 26 heavy (non-hydrogen) atoms. The number of aromatic nitrogens is 1. The van der Waals surface area contributed by atoms with Gasteiger partial charge < -0.3 is 14.2 Å². The topological polar surface area (TPSA) is 82.6 Å². The summed E-state index contributed by atoms with van der Waals surface area (Å²) in [5.41, 5.74) is 1.44. The highest BCUT2D eigenvalue weighted by Gasteiger charge is 2.26. The van der Waals surface area contributed by atoms with Gasteiger partial charge in [-0.05, 0) is 38.1 Å². The van der Waals surface area contributed by atoms with E-state index in [1.807, 2.05) is 17.9 Å². The predicted octanol–water partition coefficient (Wildman–Crippen LogP) is 1.97. The van der Waals surface area contributed by atoms with Crippen molar-refractivity contribution in [2.45, 2.75) is 26.5 Å². The third kappa shape index (κ3) is 4.41. The van der Waals surface area contributed by atoms with Gasteiger partial charge in [0.25, 0.3) is 5.91 Å².